The molecule has 0 saturated carbocycles. The van der Waals surface area contributed by atoms with Gasteiger partial charge in [0.25, 0.3) is 0 Å². The molecule has 1 fully saturated rings. The van der Waals surface area contributed by atoms with E-state index in [0.717, 1.165) is 29.8 Å². The molecule has 0 radical (unpaired) electrons. The Balaban J connectivity index is 1.58. The Kier molecular flexibility index (Phi) is 3.26. The zero-order valence-electron chi connectivity index (χ0n) is 11.6. The Labute approximate surface area is 117 Å². The van der Waals surface area contributed by atoms with Crippen molar-refractivity contribution in [3.63, 3.8) is 0 Å². The summed E-state index contributed by atoms with van der Waals surface area (Å²) in [4.78, 5) is 6.74. The zero-order valence-corrected chi connectivity index (χ0v) is 12.4. The minimum atomic E-state index is 0.483. The summed E-state index contributed by atoms with van der Waals surface area (Å²) in [6.45, 7) is 9.58. The van der Waals surface area contributed by atoms with E-state index in [1.54, 1.807) is 11.3 Å². The highest BCUT2D eigenvalue weighted by molar-refractivity contribution is 7.15. The molecule has 0 unspecified atom stereocenters. The van der Waals surface area contributed by atoms with Crippen LogP contribution in [0.4, 0.5) is 5.13 Å². The van der Waals surface area contributed by atoms with Crippen LogP contribution in [0.1, 0.15) is 30.6 Å². The summed E-state index contributed by atoms with van der Waals surface area (Å²) >= 11 is 1.67. The molecule has 1 aliphatic heterocycles. The van der Waals surface area contributed by atoms with Crippen molar-refractivity contribution in [2.45, 2.75) is 33.2 Å². The van der Waals surface area contributed by atoms with Gasteiger partial charge in [-0.25, -0.2) is 4.98 Å². The van der Waals surface area contributed by atoms with Crippen LogP contribution in [0.2, 0.25) is 0 Å². The monoisotopic (exact) mass is 277 g/mol. The zero-order chi connectivity index (χ0) is 13.4. The van der Waals surface area contributed by atoms with Crippen LogP contribution < -0.4 is 4.90 Å². The van der Waals surface area contributed by atoms with E-state index in [1.165, 1.54) is 5.82 Å². The highest BCUT2D eigenvalue weighted by Crippen LogP contribution is 2.28. The van der Waals surface area contributed by atoms with Crippen molar-refractivity contribution >= 4 is 16.5 Å². The van der Waals surface area contributed by atoms with E-state index in [4.69, 9.17) is 0 Å². The highest BCUT2D eigenvalue weighted by Gasteiger charge is 2.29. The lowest BCUT2D eigenvalue weighted by Gasteiger charge is -2.39. The first-order valence-corrected chi connectivity index (χ1v) is 7.51. The summed E-state index contributed by atoms with van der Waals surface area (Å²) in [7, 11) is 0. The van der Waals surface area contributed by atoms with Crippen LogP contribution in [0, 0.1) is 12.8 Å². The van der Waals surface area contributed by atoms with Gasteiger partial charge in [-0.3, -0.25) is 0 Å². The Morgan fingerprint density at radius 1 is 1.37 bits per heavy atom. The van der Waals surface area contributed by atoms with Gasteiger partial charge in [0.05, 0.1) is 0 Å². The van der Waals surface area contributed by atoms with Crippen LogP contribution in [0.25, 0.3) is 0 Å². The number of anilines is 1. The van der Waals surface area contributed by atoms with Crippen LogP contribution in [0.5, 0.6) is 0 Å². The molecule has 19 heavy (non-hydrogen) atoms. The van der Waals surface area contributed by atoms with Gasteiger partial charge < -0.3 is 9.47 Å². The van der Waals surface area contributed by atoms with Crippen molar-refractivity contribution in [1.82, 2.24) is 19.7 Å². The maximum atomic E-state index is 4.44. The molecule has 2 aromatic heterocycles. The smallest absolute Gasteiger partial charge is 0.208 e. The largest absolute Gasteiger partial charge is 0.346 e. The molecule has 0 bridgehead atoms. The molecule has 3 heterocycles. The van der Waals surface area contributed by atoms with Gasteiger partial charge in [-0.2, -0.15) is 0 Å². The van der Waals surface area contributed by atoms with Gasteiger partial charge in [0.15, 0.2) is 0 Å². The molecule has 3 rings (SSSR count). The maximum Gasteiger partial charge on any atom is 0.208 e. The Morgan fingerprint density at radius 3 is 2.79 bits per heavy atom. The van der Waals surface area contributed by atoms with E-state index in [2.05, 4.69) is 44.7 Å². The molecule has 1 saturated heterocycles. The van der Waals surface area contributed by atoms with Gasteiger partial charge in [-0.15, -0.1) is 10.2 Å². The fourth-order valence-corrected chi connectivity index (χ4v) is 3.22. The lowest BCUT2D eigenvalue weighted by molar-refractivity contribution is 0.350. The summed E-state index contributed by atoms with van der Waals surface area (Å²) in [6.07, 6.45) is 3.99. The van der Waals surface area contributed by atoms with Gasteiger partial charge in [0.1, 0.15) is 10.8 Å². The topological polar surface area (TPSA) is 46.8 Å². The Hall–Kier alpha value is -1.43. The predicted octanol–water partition coefficient (Wildman–Crippen LogP) is 2.30. The third kappa shape index (κ3) is 2.49. The molecule has 6 heteroatoms. The van der Waals surface area contributed by atoms with Crippen molar-refractivity contribution in [3.8, 4) is 0 Å². The number of rotatable bonds is 4. The number of aryl methyl sites for hydroxylation is 1. The van der Waals surface area contributed by atoms with Crippen molar-refractivity contribution in [2.75, 3.05) is 18.0 Å². The molecule has 5 nitrogen and oxygen atoms in total. The third-order valence-electron chi connectivity index (χ3n) is 3.46. The van der Waals surface area contributed by atoms with Crippen LogP contribution in [-0.4, -0.2) is 32.8 Å². The second-order valence-corrected chi connectivity index (χ2v) is 6.63. The second-order valence-electron chi connectivity index (χ2n) is 5.47. The van der Waals surface area contributed by atoms with E-state index in [1.807, 2.05) is 13.1 Å². The molecular weight excluding hydrogens is 258 g/mol. The minimum Gasteiger partial charge on any atom is -0.346 e. The van der Waals surface area contributed by atoms with Crippen LogP contribution >= 0.6 is 11.3 Å². The van der Waals surface area contributed by atoms with Crippen molar-refractivity contribution in [3.05, 3.63) is 23.2 Å². The predicted molar refractivity (Wildman–Crippen MR) is 76.7 cm³/mol. The molecule has 1 aliphatic rings. The second kappa shape index (κ2) is 4.92. The SMILES string of the molecule is Cc1nnc(N2CC(Cn3ccnc3C(C)C)C2)s1. The number of hydrogen-bond acceptors (Lipinski definition) is 5. The number of imidazole rings is 1. The third-order valence-corrected chi connectivity index (χ3v) is 4.36. The van der Waals surface area contributed by atoms with Crippen molar-refractivity contribution < 1.29 is 0 Å². The average molecular weight is 277 g/mol. The van der Waals surface area contributed by atoms with Gasteiger partial charge in [0.2, 0.25) is 5.13 Å². The quantitative estimate of drug-likeness (QED) is 0.860. The molecule has 0 spiro atoms. The fourth-order valence-electron chi connectivity index (χ4n) is 2.51. The van der Waals surface area contributed by atoms with Crippen LogP contribution in [0.3, 0.4) is 0 Å². The summed E-state index contributed by atoms with van der Waals surface area (Å²) in [5.74, 6) is 2.36. The fraction of sp³-hybridized carbons (Fsp3) is 0.615. The van der Waals surface area contributed by atoms with Crippen molar-refractivity contribution in [1.29, 1.82) is 0 Å². The summed E-state index contributed by atoms with van der Waals surface area (Å²) in [6, 6.07) is 0. The maximum absolute atomic E-state index is 4.44. The first-order chi connectivity index (χ1) is 9.13. The highest BCUT2D eigenvalue weighted by atomic mass is 32.1. The van der Waals surface area contributed by atoms with E-state index in [9.17, 15) is 0 Å². The molecule has 0 aliphatic carbocycles. The van der Waals surface area contributed by atoms with Gasteiger partial charge in [-0.1, -0.05) is 25.2 Å². The van der Waals surface area contributed by atoms with E-state index in [-0.39, 0.29) is 0 Å². The Bertz CT molecular complexity index is 553. The molecule has 0 aromatic carbocycles. The summed E-state index contributed by atoms with van der Waals surface area (Å²) in [5, 5.41) is 10.4. The average Bonchev–Trinajstić information content (AvgIpc) is 2.91. The lowest BCUT2D eigenvalue weighted by Crippen LogP contribution is -2.48. The van der Waals surface area contributed by atoms with E-state index in [0.29, 0.717) is 11.8 Å². The first kappa shape index (κ1) is 12.6. The molecule has 0 atom stereocenters. The van der Waals surface area contributed by atoms with E-state index >= 15 is 0 Å². The van der Waals surface area contributed by atoms with E-state index < -0.39 is 0 Å². The number of hydrogen-bond donors (Lipinski definition) is 0. The molecule has 0 amide bonds. The minimum absolute atomic E-state index is 0.483. The van der Waals surface area contributed by atoms with Crippen molar-refractivity contribution in [2.24, 2.45) is 5.92 Å². The summed E-state index contributed by atoms with van der Waals surface area (Å²) in [5.41, 5.74) is 0. The first-order valence-electron chi connectivity index (χ1n) is 6.69. The standard InChI is InChI=1S/C13H19N5S/c1-9(2)12-14-4-5-17(12)6-11-7-18(8-11)13-16-15-10(3)19-13/h4-5,9,11H,6-8H2,1-3H3. The van der Waals surface area contributed by atoms with Gasteiger partial charge >= 0.3 is 0 Å². The molecule has 0 N–H and O–H groups in total. The molecular formula is C13H19N5S. The number of nitrogens with zero attached hydrogens (tertiary/aromatic N) is 5. The van der Waals surface area contributed by atoms with Crippen LogP contribution in [0.15, 0.2) is 12.4 Å². The Morgan fingerprint density at radius 2 is 2.16 bits per heavy atom. The molecule has 102 valence electrons. The van der Waals surface area contributed by atoms with Gasteiger partial charge in [0, 0.05) is 43.9 Å². The number of aromatic nitrogens is 4. The molecule has 2 aromatic rings. The summed E-state index contributed by atoms with van der Waals surface area (Å²) < 4.78 is 2.29. The normalized spacial score (nSPS) is 16.1. The van der Waals surface area contributed by atoms with Crippen LogP contribution in [-0.2, 0) is 6.54 Å². The van der Waals surface area contributed by atoms with Gasteiger partial charge in [-0.05, 0) is 6.92 Å². The lowest BCUT2D eigenvalue weighted by atomic mass is 10.0.